The average molecular weight is 560 g/mol. The van der Waals surface area contributed by atoms with Crippen LogP contribution in [0.3, 0.4) is 0 Å². The molecular formula is C34H45N3O4. The van der Waals surface area contributed by atoms with E-state index in [2.05, 4.69) is 17.6 Å². The Kier molecular flexibility index (Phi) is 10.5. The van der Waals surface area contributed by atoms with Crippen LogP contribution in [-0.4, -0.2) is 40.5 Å². The summed E-state index contributed by atoms with van der Waals surface area (Å²) in [6.45, 7) is 15.0. The first kappa shape index (κ1) is 31.7. The van der Waals surface area contributed by atoms with Crippen molar-refractivity contribution in [3.63, 3.8) is 0 Å². The van der Waals surface area contributed by atoms with Gasteiger partial charge in [0.05, 0.1) is 0 Å². The van der Waals surface area contributed by atoms with Crippen LogP contribution in [-0.2, 0) is 20.7 Å². The number of rotatable bonds is 10. The lowest BCUT2D eigenvalue weighted by Gasteiger charge is -2.39. The van der Waals surface area contributed by atoms with Gasteiger partial charge in [-0.25, -0.2) is 4.79 Å². The van der Waals surface area contributed by atoms with Gasteiger partial charge in [0.1, 0.15) is 17.7 Å². The number of hydrogen-bond donors (Lipinski definition) is 2. The zero-order chi connectivity index (χ0) is 30.3. The molecule has 7 nitrogen and oxygen atoms in total. The molecule has 2 N–H and O–H groups in total. The minimum atomic E-state index is -0.920. The van der Waals surface area contributed by atoms with Gasteiger partial charge in [0.25, 0.3) is 5.91 Å². The van der Waals surface area contributed by atoms with Gasteiger partial charge in [-0.3, -0.25) is 9.59 Å². The maximum Gasteiger partial charge on any atom is 0.408 e. The summed E-state index contributed by atoms with van der Waals surface area (Å²) in [6, 6.07) is 19.4. The van der Waals surface area contributed by atoms with Gasteiger partial charge in [-0.2, -0.15) is 0 Å². The molecule has 41 heavy (non-hydrogen) atoms. The molecule has 3 aromatic carbocycles. The molecule has 0 bridgehead atoms. The Balaban J connectivity index is 2.05. The Morgan fingerprint density at radius 1 is 0.878 bits per heavy atom. The Bertz CT molecular complexity index is 1340. The molecule has 0 aliphatic rings. The molecule has 0 saturated heterocycles. The molecule has 7 heteroatoms. The van der Waals surface area contributed by atoms with E-state index in [0.717, 1.165) is 22.8 Å². The molecule has 3 aromatic rings. The number of carbonyl (C=O) groups excluding carboxylic acids is 3. The van der Waals surface area contributed by atoms with Crippen LogP contribution in [0.1, 0.15) is 79.0 Å². The van der Waals surface area contributed by atoms with Gasteiger partial charge in [0, 0.05) is 11.7 Å². The number of fused-ring (bicyclic) bond motifs is 1. The number of aryl methyl sites for hydroxylation is 1. The van der Waals surface area contributed by atoms with Crippen LogP contribution in [0.2, 0.25) is 0 Å². The molecule has 3 amide bonds. The second-order valence-electron chi connectivity index (χ2n) is 11.9. The summed E-state index contributed by atoms with van der Waals surface area (Å²) in [7, 11) is 0. The monoisotopic (exact) mass is 559 g/mol. The first-order chi connectivity index (χ1) is 19.3. The first-order valence-electron chi connectivity index (χ1n) is 14.5. The number of amides is 3. The van der Waals surface area contributed by atoms with Crippen LogP contribution >= 0.6 is 0 Å². The maximum atomic E-state index is 14.3. The molecular weight excluding hydrogens is 514 g/mol. The fourth-order valence-electron chi connectivity index (χ4n) is 4.76. The fraction of sp³-hybridized carbons (Fsp3) is 0.441. The predicted molar refractivity (Wildman–Crippen MR) is 166 cm³/mol. The van der Waals surface area contributed by atoms with Crippen LogP contribution in [0.4, 0.5) is 10.5 Å². The molecule has 0 spiro atoms. The normalized spacial score (nSPS) is 13.8. The summed E-state index contributed by atoms with van der Waals surface area (Å²) in [6.07, 6.45) is 0.811. The van der Waals surface area contributed by atoms with Crippen LogP contribution in [0.25, 0.3) is 10.8 Å². The van der Waals surface area contributed by atoms with E-state index in [0.29, 0.717) is 17.7 Å². The highest BCUT2D eigenvalue weighted by molar-refractivity contribution is 6.00. The lowest BCUT2D eigenvalue weighted by molar-refractivity contribution is -0.144. The van der Waals surface area contributed by atoms with Crippen LogP contribution in [0.15, 0.2) is 66.7 Å². The molecule has 0 aliphatic heterocycles. The molecule has 0 aliphatic carbocycles. The molecule has 220 valence electrons. The van der Waals surface area contributed by atoms with E-state index in [4.69, 9.17) is 4.74 Å². The third-order valence-electron chi connectivity index (χ3n) is 7.17. The van der Waals surface area contributed by atoms with Gasteiger partial charge >= 0.3 is 6.09 Å². The van der Waals surface area contributed by atoms with Crippen molar-refractivity contribution in [3.8, 4) is 0 Å². The number of anilines is 1. The molecule has 3 rings (SSSR count). The topological polar surface area (TPSA) is 87.7 Å². The zero-order valence-electron chi connectivity index (χ0n) is 25.7. The highest BCUT2D eigenvalue weighted by atomic mass is 16.6. The average Bonchev–Trinajstić information content (AvgIpc) is 2.92. The molecule has 3 unspecified atom stereocenters. The predicted octanol–water partition coefficient (Wildman–Crippen LogP) is 7.26. The number of nitrogens with one attached hydrogen (secondary N) is 2. The lowest BCUT2D eigenvalue weighted by Crippen LogP contribution is -2.56. The van der Waals surface area contributed by atoms with Crippen molar-refractivity contribution in [2.24, 2.45) is 5.92 Å². The summed E-state index contributed by atoms with van der Waals surface area (Å²) in [5.74, 6) is -0.898. The molecule has 0 radical (unpaired) electrons. The number of nitrogens with zero attached hydrogens (tertiary/aromatic N) is 1. The van der Waals surface area contributed by atoms with Gasteiger partial charge < -0.3 is 20.3 Å². The summed E-state index contributed by atoms with van der Waals surface area (Å²) < 4.78 is 5.47. The Morgan fingerprint density at radius 3 is 2.07 bits per heavy atom. The minimum absolute atomic E-state index is 0.242. The third-order valence-corrected chi connectivity index (χ3v) is 7.17. The van der Waals surface area contributed by atoms with Crippen LogP contribution in [0, 0.1) is 5.92 Å². The van der Waals surface area contributed by atoms with Gasteiger partial charge in [0.15, 0.2) is 0 Å². The van der Waals surface area contributed by atoms with E-state index in [1.165, 1.54) is 0 Å². The highest BCUT2D eigenvalue weighted by Gasteiger charge is 2.39. The number of alkyl carbamates (subject to hydrolysis) is 1. The second-order valence-corrected chi connectivity index (χ2v) is 11.9. The Labute approximate surface area is 244 Å². The Hall–Kier alpha value is -3.87. The largest absolute Gasteiger partial charge is 0.444 e. The summed E-state index contributed by atoms with van der Waals surface area (Å²) in [4.78, 5) is 42.9. The smallest absolute Gasteiger partial charge is 0.408 e. The quantitative estimate of drug-likeness (QED) is 0.274. The first-order valence-corrected chi connectivity index (χ1v) is 14.5. The summed E-state index contributed by atoms with van der Waals surface area (Å²) in [5.41, 5.74) is 1.77. The van der Waals surface area contributed by atoms with Gasteiger partial charge in [-0.05, 0) is 80.5 Å². The number of benzene rings is 3. The maximum absolute atomic E-state index is 14.3. The number of hydrogen-bond acceptors (Lipinski definition) is 4. The van der Waals surface area contributed by atoms with Crippen molar-refractivity contribution >= 4 is 34.4 Å². The molecule has 0 aromatic heterocycles. The van der Waals surface area contributed by atoms with E-state index in [1.807, 2.05) is 94.4 Å². The van der Waals surface area contributed by atoms with Crippen molar-refractivity contribution in [3.05, 3.63) is 77.9 Å². The third kappa shape index (κ3) is 8.32. The van der Waals surface area contributed by atoms with Gasteiger partial charge in [0.2, 0.25) is 5.91 Å². The molecule has 3 atom stereocenters. The van der Waals surface area contributed by atoms with Gasteiger partial charge in [-0.15, -0.1) is 0 Å². The minimum Gasteiger partial charge on any atom is -0.444 e. The van der Waals surface area contributed by atoms with E-state index < -0.39 is 23.8 Å². The van der Waals surface area contributed by atoms with Gasteiger partial charge in [-0.1, -0.05) is 82.3 Å². The van der Waals surface area contributed by atoms with E-state index in [1.54, 1.807) is 25.7 Å². The van der Waals surface area contributed by atoms with Crippen molar-refractivity contribution < 1.29 is 19.1 Å². The van der Waals surface area contributed by atoms with Crippen molar-refractivity contribution in [1.29, 1.82) is 0 Å². The Morgan fingerprint density at radius 2 is 1.51 bits per heavy atom. The SMILES string of the molecule is CCc1ccc(C(C(=O)Nc2ccc3ccccc3c2)N(C(=O)C(NC(=O)OC(C)(C)C)C(C)C)C(C)CC)cc1. The molecule has 0 heterocycles. The van der Waals surface area contributed by atoms with E-state index >= 15 is 0 Å². The number of ether oxygens (including phenoxy) is 1. The highest BCUT2D eigenvalue weighted by Crippen LogP contribution is 2.29. The van der Waals surface area contributed by atoms with Crippen molar-refractivity contribution in [2.75, 3.05) is 5.32 Å². The fourth-order valence-corrected chi connectivity index (χ4v) is 4.76. The second kappa shape index (κ2) is 13.7. The zero-order valence-corrected chi connectivity index (χ0v) is 25.7. The van der Waals surface area contributed by atoms with Crippen LogP contribution in [0.5, 0.6) is 0 Å². The van der Waals surface area contributed by atoms with E-state index in [9.17, 15) is 14.4 Å². The summed E-state index contributed by atoms with van der Waals surface area (Å²) in [5, 5.41) is 7.93. The lowest BCUT2D eigenvalue weighted by atomic mass is 9.96. The van der Waals surface area contributed by atoms with Crippen LogP contribution < -0.4 is 10.6 Å². The van der Waals surface area contributed by atoms with Crippen molar-refractivity contribution in [2.45, 2.75) is 92.0 Å². The number of carbonyl (C=O) groups is 3. The summed E-state index contributed by atoms with van der Waals surface area (Å²) >= 11 is 0. The molecule has 0 fully saturated rings. The van der Waals surface area contributed by atoms with Crippen molar-refractivity contribution in [1.82, 2.24) is 10.2 Å². The van der Waals surface area contributed by atoms with E-state index in [-0.39, 0.29) is 23.8 Å². The standard InChI is InChI=1S/C34H45N3O4/c1-9-23(5)37(32(39)29(22(3)4)36-33(40)41-34(6,7)8)30(26-17-15-24(10-2)16-18-26)31(38)35-28-20-19-25-13-11-12-14-27(25)21-28/h11-23,29-30H,9-10H2,1-8H3,(H,35,38)(H,36,40). The molecule has 0 saturated carbocycles.